The number of aryl methyl sites for hydroxylation is 1. The average molecular weight is 398 g/mol. The van der Waals surface area contributed by atoms with Gasteiger partial charge in [-0.1, -0.05) is 25.8 Å². The van der Waals surface area contributed by atoms with E-state index in [9.17, 15) is 4.79 Å². The van der Waals surface area contributed by atoms with Crippen LogP contribution < -0.4 is 4.74 Å². The van der Waals surface area contributed by atoms with Crippen LogP contribution in [0.5, 0.6) is 5.75 Å². The molecule has 2 fully saturated rings. The highest BCUT2D eigenvalue weighted by Gasteiger charge is 2.54. The molecule has 160 valence electrons. The Morgan fingerprint density at radius 3 is 2.72 bits per heavy atom. The summed E-state index contributed by atoms with van der Waals surface area (Å²) in [5, 5.41) is 0. The van der Waals surface area contributed by atoms with E-state index in [2.05, 4.69) is 44.1 Å². The van der Waals surface area contributed by atoms with Gasteiger partial charge in [0.25, 0.3) is 0 Å². The van der Waals surface area contributed by atoms with Crippen LogP contribution in [0, 0.1) is 17.3 Å². The number of ketones is 1. The van der Waals surface area contributed by atoms with E-state index in [1.165, 1.54) is 44.2 Å². The van der Waals surface area contributed by atoms with Gasteiger partial charge >= 0.3 is 0 Å². The SMILES string of the molecule is CN(C)CCCCCCOc1ccc2c(c1)CC[C@@H]1[C@@H]2CC[C@@]2(C)C(=O)CC[C@H]12. The summed E-state index contributed by atoms with van der Waals surface area (Å²) in [6.07, 6.45) is 11.6. The third kappa shape index (κ3) is 4.26. The minimum Gasteiger partial charge on any atom is -0.494 e. The van der Waals surface area contributed by atoms with Gasteiger partial charge in [-0.25, -0.2) is 0 Å². The Bertz CT molecular complexity index is 727. The number of carbonyl (C=O) groups excluding carboxylic acids is 1. The lowest BCUT2D eigenvalue weighted by Crippen LogP contribution is -2.42. The Morgan fingerprint density at radius 2 is 1.90 bits per heavy atom. The highest BCUT2D eigenvalue weighted by Crippen LogP contribution is 2.59. The van der Waals surface area contributed by atoms with Crippen LogP contribution in [-0.2, 0) is 11.2 Å². The topological polar surface area (TPSA) is 29.5 Å². The smallest absolute Gasteiger partial charge is 0.139 e. The van der Waals surface area contributed by atoms with Crippen LogP contribution in [-0.4, -0.2) is 37.9 Å². The van der Waals surface area contributed by atoms with Crippen LogP contribution in [0.1, 0.15) is 81.8 Å². The second-order valence-electron chi connectivity index (χ2n) is 10.3. The average Bonchev–Trinajstić information content (AvgIpc) is 3.01. The number of fused-ring (bicyclic) bond motifs is 5. The normalized spacial score (nSPS) is 30.8. The van der Waals surface area contributed by atoms with Gasteiger partial charge < -0.3 is 9.64 Å². The third-order valence-electron chi connectivity index (χ3n) is 8.18. The predicted octanol–water partition coefficient (Wildman–Crippen LogP) is 5.61. The van der Waals surface area contributed by atoms with Crippen LogP contribution in [0.15, 0.2) is 18.2 Å². The summed E-state index contributed by atoms with van der Waals surface area (Å²) in [5.74, 6) is 3.57. The molecule has 4 atom stereocenters. The lowest BCUT2D eigenvalue weighted by atomic mass is 9.55. The molecule has 0 heterocycles. The van der Waals surface area contributed by atoms with E-state index in [4.69, 9.17) is 4.74 Å². The van der Waals surface area contributed by atoms with Gasteiger partial charge in [0.2, 0.25) is 0 Å². The van der Waals surface area contributed by atoms with E-state index in [-0.39, 0.29) is 5.41 Å². The van der Waals surface area contributed by atoms with E-state index in [0.29, 0.717) is 23.5 Å². The fourth-order valence-electron chi connectivity index (χ4n) is 6.49. The van der Waals surface area contributed by atoms with Crippen molar-refractivity contribution in [1.82, 2.24) is 4.90 Å². The molecule has 0 amide bonds. The van der Waals surface area contributed by atoms with Gasteiger partial charge in [0.05, 0.1) is 6.61 Å². The molecular formula is C26H39NO2. The highest BCUT2D eigenvalue weighted by molar-refractivity contribution is 5.87. The number of rotatable bonds is 8. The summed E-state index contributed by atoms with van der Waals surface area (Å²) in [6, 6.07) is 6.85. The van der Waals surface area contributed by atoms with Crippen molar-refractivity contribution in [2.75, 3.05) is 27.2 Å². The maximum atomic E-state index is 12.5. The number of benzene rings is 1. The van der Waals surface area contributed by atoms with Crippen LogP contribution in [0.25, 0.3) is 0 Å². The summed E-state index contributed by atoms with van der Waals surface area (Å²) in [7, 11) is 4.28. The number of nitrogens with zero attached hydrogens (tertiary/aromatic N) is 1. The number of hydrogen-bond donors (Lipinski definition) is 0. The van der Waals surface area contributed by atoms with Gasteiger partial charge in [-0.3, -0.25) is 4.79 Å². The zero-order valence-corrected chi connectivity index (χ0v) is 18.7. The van der Waals surface area contributed by atoms with Crippen molar-refractivity contribution >= 4 is 5.78 Å². The fraction of sp³-hybridized carbons (Fsp3) is 0.731. The maximum Gasteiger partial charge on any atom is 0.139 e. The Labute approximate surface area is 177 Å². The van der Waals surface area contributed by atoms with Gasteiger partial charge in [-0.05, 0) is 107 Å². The summed E-state index contributed by atoms with van der Waals surface area (Å²) < 4.78 is 6.08. The molecule has 4 rings (SSSR count). The zero-order chi connectivity index (χ0) is 20.4. The Hall–Kier alpha value is -1.35. The van der Waals surface area contributed by atoms with Crippen molar-refractivity contribution < 1.29 is 9.53 Å². The molecule has 0 aliphatic heterocycles. The molecule has 0 N–H and O–H groups in total. The first-order valence-corrected chi connectivity index (χ1v) is 11.9. The molecule has 0 saturated heterocycles. The van der Waals surface area contributed by atoms with Gasteiger partial charge in [0.15, 0.2) is 0 Å². The van der Waals surface area contributed by atoms with E-state index in [0.717, 1.165) is 44.5 Å². The second-order valence-corrected chi connectivity index (χ2v) is 10.3. The Kier molecular flexibility index (Phi) is 6.34. The first-order chi connectivity index (χ1) is 14.0. The minimum atomic E-state index is -0.0196. The first kappa shape index (κ1) is 20.9. The van der Waals surface area contributed by atoms with Crippen LogP contribution >= 0.6 is 0 Å². The summed E-state index contributed by atoms with van der Waals surface area (Å²) in [4.78, 5) is 14.7. The van der Waals surface area contributed by atoms with Crippen molar-refractivity contribution in [2.45, 2.75) is 77.0 Å². The Balaban J connectivity index is 1.31. The first-order valence-electron chi connectivity index (χ1n) is 11.9. The van der Waals surface area contributed by atoms with E-state index >= 15 is 0 Å². The second kappa shape index (κ2) is 8.79. The standard InChI is InChI=1S/C26H39NO2/c1-26-15-14-22-21-11-9-20(29-17-7-5-4-6-16-27(2)3)18-19(21)8-10-23(22)24(26)12-13-25(26)28/h9,11,18,22-24H,4-8,10,12-17H2,1-3H3/t22-,23-,24-,26-/m1/s1. The van der Waals surface area contributed by atoms with Gasteiger partial charge in [-0.15, -0.1) is 0 Å². The molecule has 29 heavy (non-hydrogen) atoms. The molecule has 1 aromatic rings. The summed E-state index contributed by atoms with van der Waals surface area (Å²) in [6.45, 7) is 4.27. The molecule has 0 unspecified atom stereocenters. The molecule has 1 aromatic carbocycles. The van der Waals surface area contributed by atoms with Crippen molar-refractivity contribution in [2.24, 2.45) is 17.3 Å². The van der Waals surface area contributed by atoms with Crippen LogP contribution in [0.2, 0.25) is 0 Å². The van der Waals surface area contributed by atoms with Crippen molar-refractivity contribution in [3.05, 3.63) is 29.3 Å². The van der Waals surface area contributed by atoms with Crippen molar-refractivity contribution in [3.63, 3.8) is 0 Å². The molecule has 3 heteroatoms. The minimum absolute atomic E-state index is 0.0196. The molecule has 0 radical (unpaired) electrons. The molecular weight excluding hydrogens is 358 g/mol. The maximum absolute atomic E-state index is 12.5. The molecule has 0 bridgehead atoms. The summed E-state index contributed by atoms with van der Waals surface area (Å²) in [5.41, 5.74) is 3.04. The molecule has 2 saturated carbocycles. The van der Waals surface area contributed by atoms with Gasteiger partial charge in [-0.2, -0.15) is 0 Å². The molecule has 3 aliphatic rings. The van der Waals surface area contributed by atoms with Crippen molar-refractivity contribution in [3.8, 4) is 5.75 Å². The number of ether oxygens (including phenoxy) is 1. The highest BCUT2D eigenvalue weighted by atomic mass is 16.5. The fourth-order valence-corrected chi connectivity index (χ4v) is 6.49. The van der Waals surface area contributed by atoms with Gasteiger partial charge in [0, 0.05) is 11.8 Å². The number of unbranched alkanes of at least 4 members (excludes halogenated alkanes) is 3. The predicted molar refractivity (Wildman–Crippen MR) is 119 cm³/mol. The molecule has 0 aromatic heterocycles. The van der Waals surface area contributed by atoms with E-state index < -0.39 is 0 Å². The van der Waals surface area contributed by atoms with Crippen LogP contribution in [0.3, 0.4) is 0 Å². The third-order valence-corrected chi connectivity index (χ3v) is 8.18. The number of hydrogen-bond acceptors (Lipinski definition) is 3. The lowest BCUT2D eigenvalue weighted by Gasteiger charge is -2.48. The van der Waals surface area contributed by atoms with Crippen LogP contribution in [0.4, 0.5) is 0 Å². The Morgan fingerprint density at radius 1 is 1.07 bits per heavy atom. The number of Topliss-reactive ketones (excluding diaryl/α,β-unsaturated/α-hetero) is 1. The largest absolute Gasteiger partial charge is 0.494 e. The molecule has 3 aliphatic carbocycles. The summed E-state index contributed by atoms with van der Waals surface area (Å²) >= 11 is 0. The zero-order valence-electron chi connectivity index (χ0n) is 18.7. The number of carbonyl (C=O) groups is 1. The molecule has 3 nitrogen and oxygen atoms in total. The van der Waals surface area contributed by atoms with Gasteiger partial charge in [0.1, 0.15) is 11.5 Å². The quantitative estimate of drug-likeness (QED) is 0.534. The van der Waals surface area contributed by atoms with Crippen molar-refractivity contribution in [1.29, 1.82) is 0 Å². The lowest BCUT2D eigenvalue weighted by molar-refractivity contribution is -0.129. The molecule has 0 spiro atoms. The van der Waals surface area contributed by atoms with E-state index in [1.54, 1.807) is 5.56 Å². The van der Waals surface area contributed by atoms with E-state index in [1.807, 2.05) is 0 Å². The monoisotopic (exact) mass is 397 g/mol.